The number of rotatable bonds is 2. The average molecular weight is 443 g/mol. The lowest BCUT2D eigenvalue weighted by molar-refractivity contribution is 0.340. The van der Waals surface area contributed by atoms with Crippen molar-refractivity contribution in [3.8, 4) is 11.5 Å². The van der Waals surface area contributed by atoms with Gasteiger partial charge in [-0.1, -0.05) is 55.1 Å². The second kappa shape index (κ2) is 8.78. The van der Waals surface area contributed by atoms with Crippen molar-refractivity contribution in [2.75, 3.05) is 6.61 Å². The monoisotopic (exact) mass is 440 g/mol. The Balaban J connectivity index is 0.000000204. The van der Waals surface area contributed by atoms with Gasteiger partial charge in [-0.05, 0) is 43.3 Å². The van der Waals surface area contributed by atoms with E-state index in [2.05, 4.69) is 31.9 Å². The van der Waals surface area contributed by atoms with E-state index in [-0.39, 0.29) is 5.75 Å². The summed E-state index contributed by atoms with van der Waals surface area (Å²) >= 11 is 17.8. The lowest BCUT2D eigenvalue weighted by atomic mass is 10.3. The minimum Gasteiger partial charge on any atom is -0.506 e. The van der Waals surface area contributed by atoms with E-state index < -0.39 is 0 Å². The van der Waals surface area contributed by atoms with Gasteiger partial charge >= 0.3 is 0 Å². The van der Waals surface area contributed by atoms with E-state index in [1.54, 1.807) is 24.3 Å². The number of aromatic hydroxyl groups is 1. The highest BCUT2D eigenvalue weighted by atomic mass is 79.9. The molecular weight excluding hydrogens is 431 g/mol. The molecule has 0 aliphatic heterocycles. The predicted octanol–water partition coefficient (Wildman–Crippen LogP) is 6.31. The highest BCUT2D eigenvalue weighted by Crippen LogP contribution is 2.27. The third-order valence-electron chi connectivity index (χ3n) is 2.10. The van der Waals surface area contributed by atoms with Gasteiger partial charge in [0.1, 0.15) is 11.5 Å². The molecule has 1 N–H and O–H groups in total. The molecule has 108 valence electrons. The summed E-state index contributed by atoms with van der Waals surface area (Å²) in [4.78, 5) is 0. The molecule has 0 unspecified atom stereocenters. The predicted molar refractivity (Wildman–Crippen MR) is 91.1 cm³/mol. The first-order chi connectivity index (χ1) is 9.43. The molecule has 0 bridgehead atoms. The zero-order chi connectivity index (χ0) is 15.1. The Morgan fingerprint density at radius 2 is 1.55 bits per heavy atom. The first kappa shape index (κ1) is 17.6. The van der Waals surface area contributed by atoms with Crippen molar-refractivity contribution in [2.45, 2.75) is 6.92 Å². The molecule has 0 aliphatic carbocycles. The highest BCUT2D eigenvalue weighted by Gasteiger charge is 1.99. The van der Waals surface area contributed by atoms with Gasteiger partial charge in [-0.2, -0.15) is 0 Å². The third-order valence-corrected chi connectivity index (χ3v) is 3.72. The van der Waals surface area contributed by atoms with Crippen LogP contribution in [0.25, 0.3) is 0 Å². The van der Waals surface area contributed by atoms with Crippen molar-refractivity contribution < 1.29 is 9.84 Å². The standard InChI is InChI=1S/C8H8BrClO.C6H4BrClO/c1-2-11-8-5-6(9)3-4-7(8)10;7-4-1-2-5(8)6(9)3-4/h3-5H,2H2,1H3;1-3,9H. The fourth-order valence-corrected chi connectivity index (χ4v) is 2.21. The van der Waals surface area contributed by atoms with Gasteiger partial charge in [0.2, 0.25) is 0 Å². The summed E-state index contributed by atoms with van der Waals surface area (Å²) in [7, 11) is 0. The van der Waals surface area contributed by atoms with Crippen molar-refractivity contribution in [3.05, 3.63) is 55.4 Å². The number of phenolic OH excluding ortho intramolecular Hbond substituents is 1. The molecule has 0 aromatic heterocycles. The second-order valence-electron chi connectivity index (χ2n) is 3.60. The molecule has 2 aromatic carbocycles. The van der Waals surface area contributed by atoms with E-state index in [4.69, 9.17) is 33.0 Å². The molecule has 0 saturated heterocycles. The van der Waals surface area contributed by atoms with Crippen molar-refractivity contribution in [1.82, 2.24) is 0 Å². The second-order valence-corrected chi connectivity index (χ2v) is 6.25. The van der Waals surface area contributed by atoms with E-state index in [1.807, 2.05) is 19.1 Å². The molecule has 0 heterocycles. The van der Waals surface area contributed by atoms with Gasteiger partial charge in [0.15, 0.2) is 0 Å². The number of phenols is 1. The van der Waals surface area contributed by atoms with E-state index in [1.165, 1.54) is 0 Å². The molecule has 2 aromatic rings. The van der Waals surface area contributed by atoms with Gasteiger partial charge in [-0.25, -0.2) is 0 Å². The first-order valence-corrected chi connectivity index (χ1v) is 8.00. The van der Waals surface area contributed by atoms with Crippen molar-refractivity contribution in [1.29, 1.82) is 0 Å². The minimum atomic E-state index is 0.103. The van der Waals surface area contributed by atoms with Crippen LogP contribution in [0.4, 0.5) is 0 Å². The zero-order valence-electron chi connectivity index (χ0n) is 10.5. The Bertz CT molecular complexity index is 577. The topological polar surface area (TPSA) is 29.5 Å². The fourth-order valence-electron chi connectivity index (χ4n) is 1.23. The number of hydrogen-bond donors (Lipinski definition) is 1. The molecule has 0 radical (unpaired) electrons. The number of benzene rings is 2. The summed E-state index contributed by atoms with van der Waals surface area (Å²) in [6.07, 6.45) is 0. The zero-order valence-corrected chi connectivity index (χ0v) is 15.2. The summed E-state index contributed by atoms with van der Waals surface area (Å²) in [5, 5.41) is 9.96. The van der Waals surface area contributed by atoms with Crippen molar-refractivity contribution in [2.24, 2.45) is 0 Å². The van der Waals surface area contributed by atoms with Crippen LogP contribution in [0.5, 0.6) is 11.5 Å². The van der Waals surface area contributed by atoms with E-state index in [0.29, 0.717) is 16.7 Å². The maximum atomic E-state index is 8.94. The van der Waals surface area contributed by atoms with Crippen LogP contribution in [0, 0.1) is 0 Å². The molecule has 20 heavy (non-hydrogen) atoms. The van der Waals surface area contributed by atoms with Crippen molar-refractivity contribution >= 4 is 55.1 Å². The number of ether oxygens (including phenoxy) is 1. The van der Waals surface area contributed by atoms with Crippen LogP contribution < -0.4 is 4.74 Å². The Kier molecular flexibility index (Phi) is 7.74. The van der Waals surface area contributed by atoms with Crippen LogP contribution in [0.1, 0.15) is 6.92 Å². The van der Waals surface area contributed by atoms with Gasteiger partial charge in [-0.15, -0.1) is 0 Å². The van der Waals surface area contributed by atoms with E-state index >= 15 is 0 Å². The number of hydrogen-bond acceptors (Lipinski definition) is 2. The summed E-state index contributed by atoms with van der Waals surface area (Å²) in [5.41, 5.74) is 0. The van der Waals surface area contributed by atoms with Crippen LogP contribution in [0.15, 0.2) is 45.3 Å². The SMILES string of the molecule is CCOc1cc(Br)ccc1Cl.Oc1cc(Br)ccc1Cl. The summed E-state index contributed by atoms with van der Waals surface area (Å²) in [6.45, 7) is 2.56. The van der Waals surface area contributed by atoms with Crippen LogP contribution in [-0.2, 0) is 0 Å². The van der Waals surface area contributed by atoms with Gasteiger partial charge < -0.3 is 9.84 Å². The first-order valence-electron chi connectivity index (χ1n) is 5.66. The van der Waals surface area contributed by atoms with E-state index in [9.17, 15) is 0 Å². The Hall–Kier alpha value is -0.420. The van der Waals surface area contributed by atoms with Gasteiger partial charge in [0, 0.05) is 8.95 Å². The summed E-state index contributed by atoms with van der Waals surface area (Å²) < 4.78 is 7.06. The lowest BCUT2D eigenvalue weighted by Gasteiger charge is -2.04. The summed E-state index contributed by atoms with van der Waals surface area (Å²) in [5.74, 6) is 0.828. The maximum absolute atomic E-state index is 8.94. The summed E-state index contributed by atoms with van der Waals surface area (Å²) in [6, 6.07) is 10.5. The maximum Gasteiger partial charge on any atom is 0.138 e. The Morgan fingerprint density at radius 1 is 1.00 bits per heavy atom. The van der Waals surface area contributed by atoms with Crippen LogP contribution in [0.3, 0.4) is 0 Å². The average Bonchev–Trinajstić information content (AvgIpc) is 2.40. The highest BCUT2D eigenvalue weighted by molar-refractivity contribution is 9.10. The minimum absolute atomic E-state index is 0.103. The fraction of sp³-hybridized carbons (Fsp3) is 0.143. The van der Waals surface area contributed by atoms with Crippen LogP contribution in [0.2, 0.25) is 10.0 Å². The van der Waals surface area contributed by atoms with Gasteiger partial charge in [-0.3, -0.25) is 0 Å². The molecule has 0 fully saturated rings. The largest absolute Gasteiger partial charge is 0.506 e. The lowest BCUT2D eigenvalue weighted by Crippen LogP contribution is -1.91. The Labute approximate surface area is 144 Å². The molecule has 2 rings (SSSR count). The molecule has 0 saturated carbocycles. The van der Waals surface area contributed by atoms with Crippen LogP contribution >= 0.6 is 55.1 Å². The quantitative estimate of drug-likeness (QED) is 0.590. The van der Waals surface area contributed by atoms with Crippen LogP contribution in [-0.4, -0.2) is 11.7 Å². The normalized spacial score (nSPS) is 9.65. The van der Waals surface area contributed by atoms with Crippen molar-refractivity contribution in [3.63, 3.8) is 0 Å². The molecule has 2 nitrogen and oxygen atoms in total. The van der Waals surface area contributed by atoms with Gasteiger partial charge in [0.05, 0.1) is 16.7 Å². The van der Waals surface area contributed by atoms with E-state index in [0.717, 1.165) is 14.7 Å². The van der Waals surface area contributed by atoms with Gasteiger partial charge in [0.25, 0.3) is 0 Å². The third kappa shape index (κ3) is 5.92. The Morgan fingerprint density at radius 3 is 2.05 bits per heavy atom. The molecule has 6 heteroatoms. The molecule has 0 atom stereocenters. The molecular formula is C14H12Br2Cl2O2. The number of halogens is 4. The smallest absolute Gasteiger partial charge is 0.138 e. The molecule has 0 amide bonds. The molecule has 0 spiro atoms. The molecule has 0 aliphatic rings.